The monoisotopic (exact) mass is 253 g/mol. The van der Waals surface area contributed by atoms with Crippen LogP contribution in [0.1, 0.15) is 38.8 Å². The summed E-state index contributed by atoms with van der Waals surface area (Å²) in [5, 5.41) is 9.61. The molecule has 0 bridgehead atoms. The molecule has 1 rings (SSSR count). The molecule has 0 amide bonds. The fraction of sp³-hybridized carbons (Fsp3) is 0.571. The van der Waals surface area contributed by atoms with Gasteiger partial charge in [-0.15, -0.1) is 0 Å². The summed E-state index contributed by atoms with van der Waals surface area (Å²) >= 11 is 0. The topological polar surface area (TPSA) is 64.7 Å². The van der Waals surface area contributed by atoms with Gasteiger partial charge in [-0.25, -0.2) is 0 Å². The molecule has 0 aliphatic rings. The zero-order valence-corrected chi connectivity index (χ0v) is 11.6. The Bertz CT molecular complexity index is 383. The number of benzene rings is 1. The Morgan fingerprint density at radius 2 is 2.00 bits per heavy atom. The molecule has 1 aromatic carbocycles. The number of hydrogen-bond donors (Lipinski definition) is 2. The van der Waals surface area contributed by atoms with Crippen molar-refractivity contribution in [1.82, 2.24) is 0 Å². The minimum absolute atomic E-state index is 0.0377. The summed E-state index contributed by atoms with van der Waals surface area (Å²) < 4.78 is 10.9. The second-order valence-electron chi connectivity index (χ2n) is 5.11. The molecule has 0 saturated heterocycles. The van der Waals surface area contributed by atoms with Crippen LogP contribution in [-0.4, -0.2) is 24.4 Å². The van der Waals surface area contributed by atoms with Crippen LogP contribution in [0.4, 0.5) is 0 Å². The highest BCUT2D eigenvalue weighted by Crippen LogP contribution is 2.30. The standard InChI is InChI=1S/C14H23NO3/c1-10(15)11-5-6-12(13(9-11)17-4)18-8-7-14(2,3)16/h5-6,9-10,16H,7-8,15H2,1-4H3. The smallest absolute Gasteiger partial charge is 0.161 e. The molecule has 0 fully saturated rings. The van der Waals surface area contributed by atoms with Crippen LogP contribution in [0.5, 0.6) is 11.5 Å². The molecule has 1 unspecified atom stereocenters. The van der Waals surface area contributed by atoms with Gasteiger partial charge in [-0.1, -0.05) is 6.07 Å². The molecular weight excluding hydrogens is 230 g/mol. The maximum Gasteiger partial charge on any atom is 0.161 e. The Balaban J connectivity index is 2.71. The van der Waals surface area contributed by atoms with Crippen molar-refractivity contribution in [2.45, 2.75) is 38.8 Å². The van der Waals surface area contributed by atoms with Crippen LogP contribution in [0, 0.1) is 0 Å². The van der Waals surface area contributed by atoms with Gasteiger partial charge >= 0.3 is 0 Å². The number of methoxy groups -OCH3 is 1. The lowest BCUT2D eigenvalue weighted by Gasteiger charge is -2.18. The van der Waals surface area contributed by atoms with Gasteiger partial charge in [-0.2, -0.15) is 0 Å². The molecule has 0 radical (unpaired) electrons. The van der Waals surface area contributed by atoms with E-state index < -0.39 is 5.60 Å². The highest BCUT2D eigenvalue weighted by Gasteiger charge is 2.13. The average Bonchev–Trinajstić information content (AvgIpc) is 2.27. The van der Waals surface area contributed by atoms with Crippen LogP contribution in [0.3, 0.4) is 0 Å². The second-order valence-corrected chi connectivity index (χ2v) is 5.11. The largest absolute Gasteiger partial charge is 0.493 e. The Labute approximate surface area is 109 Å². The second kappa shape index (κ2) is 6.07. The third-order valence-corrected chi connectivity index (χ3v) is 2.68. The summed E-state index contributed by atoms with van der Waals surface area (Å²) in [6.45, 7) is 5.88. The Morgan fingerprint density at radius 1 is 1.33 bits per heavy atom. The molecule has 0 aliphatic carbocycles. The van der Waals surface area contributed by atoms with E-state index in [0.29, 0.717) is 24.5 Å². The van der Waals surface area contributed by atoms with Crippen LogP contribution < -0.4 is 15.2 Å². The Kier molecular flexibility index (Phi) is 4.99. The number of aliphatic hydroxyl groups is 1. The zero-order chi connectivity index (χ0) is 13.8. The quantitative estimate of drug-likeness (QED) is 0.816. The fourth-order valence-corrected chi connectivity index (χ4v) is 1.50. The lowest BCUT2D eigenvalue weighted by atomic mass is 10.1. The van der Waals surface area contributed by atoms with Crippen molar-refractivity contribution in [2.24, 2.45) is 5.73 Å². The van der Waals surface area contributed by atoms with Crippen molar-refractivity contribution in [3.05, 3.63) is 23.8 Å². The van der Waals surface area contributed by atoms with E-state index in [2.05, 4.69) is 0 Å². The van der Waals surface area contributed by atoms with Gasteiger partial charge in [-0.05, 0) is 38.5 Å². The van der Waals surface area contributed by atoms with Crippen LogP contribution in [0.2, 0.25) is 0 Å². The normalized spacial score (nSPS) is 13.2. The molecule has 4 nitrogen and oxygen atoms in total. The minimum Gasteiger partial charge on any atom is -0.493 e. The number of rotatable bonds is 6. The lowest BCUT2D eigenvalue weighted by Crippen LogP contribution is -2.21. The van der Waals surface area contributed by atoms with E-state index in [1.54, 1.807) is 21.0 Å². The summed E-state index contributed by atoms with van der Waals surface area (Å²) in [6.07, 6.45) is 0.561. The molecule has 0 heterocycles. The van der Waals surface area contributed by atoms with Gasteiger partial charge in [0.05, 0.1) is 19.3 Å². The number of nitrogens with two attached hydrogens (primary N) is 1. The van der Waals surface area contributed by atoms with Crippen molar-refractivity contribution in [2.75, 3.05) is 13.7 Å². The maximum absolute atomic E-state index is 9.61. The summed E-state index contributed by atoms with van der Waals surface area (Å²) in [4.78, 5) is 0. The molecule has 0 spiro atoms. The minimum atomic E-state index is -0.723. The first-order chi connectivity index (χ1) is 8.33. The molecule has 18 heavy (non-hydrogen) atoms. The van der Waals surface area contributed by atoms with E-state index in [1.165, 1.54) is 0 Å². The van der Waals surface area contributed by atoms with Crippen LogP contribution in [-0.2, 0) is 0 Å². The first-order valence-electron chi connectivity index (χ1n) is 6.12. The summed E-state index contributed by atoms with van der Waals surface area (Å²) in [6, 6.07) is 5.61. The van der Waals surface area contributed by atoms with Crippen molar-refractivity contribution in [3.63, 3.8) is 0 Å². The molecule has 3 N–H and O–H groups in total. The SMILES string of the molecule is COc1cc(C(C)N)ccc1OCCC(C)(C)O. The Morgan fingerprint density at radius 3 is 2.50 bits per heavy atom. The van der Waals surface area contributed by atoms with Gasteiger partial charge < -0.3 is 20.3 Å². The molecular formula is C14H23NO3. The fourth-order valence-electron chi connectivity index (χ4n) is 1.50. The van der Waals surface area contributed by atoms with Crippen LogP contribution in [0.15, 0.2) is 18.2 Å². The predicted octanol–water partition coefficient (Wildman–Crippen LogP) is 2.25. The molecule has 1 aromatic rings. The van der Waals surface area contributed by atoms with E-state index in [9.17, 15) is 5.11 Å². The number of ether oxygens (including phenoxy) is 2. The molecule has 0 aromatic heterocycles. The highest BCUT2D eigenvalue weighted by atomic mass is 16.5. The van der Waals surface area contributed by atoms with E-state index in [4.69, 9.17) is 15.2 Å². The Hall–Kier alpha value is -1.26. The van der Waals surface area contributed by atoms with Gasteiger partial charge in [0.25, 0.3) is 0 Å². The first kappa shape index (κ1) is 14.8. The molecule has 102 valence electrons. The van der Waals surface area contributed by atoms with E-state index >= 15 is 0 Å². The van der Waals surface area contributed by atoms with Gasteiger partial charge in [-0.3, -0.25) is 0 Å². The van der Waals surface area contributed by atoms with Crippen molar-refractivity contribution in [1.29, 1.82) is 0 Å². The van der Waals surface area contributed by atoms with Crippen molar-refractivity contribution in [3.8, 4) is 11.5 Å². The first-order valence-corrected chi connectivity index (χ1v) is 6.12. The van der Waals surface area contributed by atoms with Crippen molar-refractivity contribution < 1.29 is 14.6 Å². The van der Waals surface area contributed by atoms with E-state index in [-0.39, 0.29) is 6.04 Å². The molecule has 0 aliphatic heterocycles. The zero-order valence-electron chi connectivity index (χ0n) is 11.6. The van der Waals surface area contributed by atoms with E-state index in [0.717, 1.165) is 5.56 Å². The van der Waals surface area contributed by atoms with Gasteiger partial charge in [0.15, 0.2) is 11.5 Å². The number of hydrogen-bond acceptors (Lipinski definition) is 4. The third-order valence-electron chi connectivity index (χ3n) is 2.68. The highest BCUT2D eigenvalue weighted by molar-refractivity contribution is 5.43. The lowest BCUT2D eigenvalue weighted by molar-refractivity contribution is 0.0549. The van der Waals surface area contributed by atoms with Gasteiger partial charge in [0.1, 0.15) is 0 Å². The molecule has 0 saturated carbocycles. The van der Waals surface area contributed by atoms with Gasteiger partial charge in [0, 0.05) is 12.5 Å². The third kappa shape index (κ3) is 4.55. The van der Waals surface area contributed by atoms with Gasteiger partial charge in [0.2, 0.25) is 0 Å². The predicted molar refractivity (Wildman–Crippen MR) is 72.0 cm³/mol. The molecule has 1 atom stereocenters. The molecule has 4 heteroatoms. The maximum atomic E-state index is 9.61. The van der Waals surface area contributed by atoms with Crippen LogP contribution in [0.25, 0.3) is 0 Å². The van der Waals surface area contributed by atoms with E-state index in [1.807, 2.05) is 25.1 Å². The summed E-state index contributed by atoms with van der Waals surface area (Å²) in [7, 11) is 1.60. The summed E-state index contributed by atoms with van der Waals surface area (Å²) in [5.74, 6) is 1.34. The summed E-state index contributed by atoms with van der Waals surface area (Å²) in [5.41, 5.74) is 6.09. The van der Waals surface area contributed by atoms with Crippen LogP contribution >= 0.6 is 0 Å². The van der Waals surface area contributed by atoms with Crippen molar-refractivity contribution >= 4 is 0 Å². The average molecular weight is 253 g/mol.